The topological polar surface area (TPSA) is 34.9 Å². The fourth-order valence-electron chi connectivity index (χ4n) is 1.56. The second kappa shape index (κ2) is 4.89. The first-order valence-electron chi connectivity index (χ1n) is 5.14. The number of aryl methyl sites for hydroxylation is 2. The molecular formula is C12H10F2N2OS. The van der Waals surface area contributed by atoms with Crippen molar-refractivity contribution < 1.29 is 13.6 Å². The number of halogens is 2. The van der Waals surface area contributed by atoms with Gasteiger partial charge in [-0.15, -0.1) is 0 Å². The first-order chi connectivity index (χ1) is 8.52. The number of carbonyl (C=O) groups is 1. The summed E-state index contributed by atoms with van der Waals surface area (Å²) in [7, 11) is 1.70. The number of benzene rings is 1. The van der Waals surface area contributed by atoms with Crippen LogP contribution in [0.3, 0.4) is 0 Å². The van der Waals surface area contributed by atoms with Gasteiger partial charge in [-0.05, 0) is 25.1 Å². The molecule has 0 amide bonds. The Kier molecular flexibility index (Phi) is 3.47. The summed E-state index contributed by atoms with van der Waals surface area (Å²) in [5, 5.41) is 4.72. The lowest BCUT2D eigenvalue weighted by molar-refractivity contribution is 0.112. The van der Waals surface area contributed by atoms with Crippen LogP contribution in [0.15, 0.2) is 28.1 Å². The molecular weight excluding hydrogens is 258 g/mol. The summed E-state index contributed by atoms with van der Waals surface area (Å²) < 4.78 is 27.4. The fourth-order valence-corrected chi connectivity index (χ4v) is 2.56. The molecule has 0 aliphatic carbocycles. The van der Waals surface area contributed by atoms with Gasteiger partial charge in [0, 0.05) is 11.9 Å². The molecule has 1 aromatic heterocycles. The molecule has 0 fully saturated rings. The van der Waals surface area contributed by atoms with E-state index in [1.54, 1.807) is 18.7 Å². The number of carbonyl (C=O) groups excluding carboxylic acids is 1. The van der Waals surface area contributed by atoms with Crippen LogP contribution in [0.25, 0.3) is 0 Å². The smallest absolute Gasteiger partial charge is 0.159 e. The van der Waals surface area contributed by atoms with Crippen LogP contribution in [-0.4, -0.2) is 16.1 Å². The maximum absolute atomic E-state index is 13.1. The summed E-state index contributed by atoms with van der Waals surface area (Å²) in [5.41, 5.74) is 1.07. The summed E-state index contributed by atoms with van der Waals surface area (Å²) in [4.78, 5) is 11.5. The fraction of sp³-hybridized carbons (Fsp3) is 0.167. The van der Waals surface area contributed by atoms with Crippen LogP contribution in [0.5, 0.6) is 0 Å². The molecule has 0 aliphatic rings. The van der Waals surface area contributed by atoms with Crippen molar-refractivity contribution in [2.75, 3.05) is 0 Å². The maximum Gasteiger partial charge on any atom is 0.159 e. The average Bonchev–Trinajstić information content (AvgIpc) is 2.58. The Labute approximate surface area is 107 Å². The van der Waals surface area contributed by atoms with Crippen molar-refractivity contribution in [3.8, 4) is 0 Å². The van der Waals surface area contributed by atoms with E-state index < -0.39 is 11.6 Å². The van der Waals surface area contributed by atoms with E-state index in [0.717, 1.165) is 12.1 Å². The van der Waals surface area contributed by atoms with Crippen molar-refractivity contribution in [1.29, 1.82) is 0 Å². The SMILES string of the molecule is Cc1nn(C)c(Sc2ccc(F)c(F)c2)c1C=O. The lowest BCUT2D eigenvalue weighted by Crippen LogP contribution is -1.93. The molecule has 0 N–H and O–H groups in total. The normalized spacial score (nSPS) is 10.7. The second-order valence-corrected chi connectivity index (χ2v) is 4.79. The first kappa shape index (κ1) is 12.8. The third-order valence-electron chi connectivity index (χ3n) is 2.44. The zero-order chi connectivity index (χ0) is 13.3. The van der Waals surface area contributed by atoms with E-state index in [1.165, 1.54) is 17.8 Å². The highest BCUT2D eigenvalue weighted by molar-refractivity contribution is 7.99. The molecule has 0 saturated heterocycles. The second-order valence-electron chi connectivity index (χ2n) is 3.72. The van der Waals surface area contributed by atoms with Gasteiger partial charge in [0.2, 0.25) is 0 Å². The zero-order valence-electron chi connectivity index (χ0n) is 9.78. The van der Waals surface area contributed by atoms with Crippen molar-refractivity contribution in [3.05, 3.63) is 41.1 Å². The van der Waals surface area contributed by atoms with E-state index in [9.17, 15) is 13.6 Å². The molecule has 0 aliphatic heterocycles. The monoisotopic (exact) mass is 268 g/mol. The summed E-state index contributed by atoms with van der Waals surface area (Å²) >= 11 is 1.17. The number of hydrogen-bond donors (Lipinski definition) is 0. The molecule has 2 aromatic rings. The van der Waals surface area contributed by atoms with Crippen LogP contribution in [0.4, 0.5) is 8.78 Å². The Hall–Kier alpha value is -1.69. The van der Waals surface area contributed by atoms with Crippen LogP contribution in [-0.2, 0) is 7.05 Å². The lowest BCUT2D eigenvalue weighted by Gasteiger charge is -2.03. The number of rotatable bonds is 3. The third kappa shape index (κ3) is 2.28. The summed E-state index contributed by atoms with van der Waals surface area (Å²) in [6.07, 6.45) is 0.713. The molecule has 1 heterocycles. The molecule has 6 heteroatoms. The van der Waals surface area contributed by atoms with E-state index in [-0.39, 0.29) is 0 Å². The van der Waals surface area contributed by atoms with Crippen molar-refractivity contribution in [1.82, 2.24) is 9.78 Å². The van der Waals surface area contributed by atoms with Gasteiger partial charge in [-0.3, -0.25) is 9.48 Å². The molecule has 18 heavy (non-hydrogen) atoms. The van der Waals surface area contributed by atoms with Crippen molar-refractivity contribution in [2.24, 2.45) is 7.05 Å². The molecule has 1 aromatic carbocycles. The number of nitrogens with zero attached hydrogens (tertiary/aromatic N) is 2. The van der Waals surface area contributed by atoms with Crippen molar-refractivity contribution in [3.63, 3.8) is 0 Å². The van der Waals surface area contributed by atoms with Gasteiger partial charge in [-0.1, -0.05) is 11.8 Å². The van der Waals surface area contributed by atoms with E-state index in [1.807, 2.05) is 0 Å². The standard InChI is InChI=1S/C12H10F2N2OS/c1-7-9(6-17)12(16(2)15-7)18-8-3-4-10(13)11(14)5-8/h3-6H,1-2H3. The minimum atomic E-state index is -0.911. The van der Waals surface area contributed by atoms with E-state index in [2.05, 4.69) is 5.10 Å². The van der Waals surface area contributed by atoms with E-state index in [0.29, 0.717) is 27.5 Å². The molecule has 0 radical (unpaired) electrons. The van der Waals surface area contributed by atoms with Gasteiger partial charge in [-0.2, -0.15) is 5.10 Å². The maximum atomic E-state index is 13.1. The van der Waals surface area contributed by atoms with Crippen LogP contribution < -0.4 is 0 Å². The molecule has 0 atom stereocenters. The van der Waals surface area contributed by atoms with Gasteiger partial charge in [0.1, 0.15) is 5.03 Å². The summed E-state index contributed by atoms with van der Waals surface area (Å²) in [6, 6.07) is 3.61. The third-order valence-corrected chi connectivity index (χ3v) is 3.60. The Bertz CT molecular complexity index is 610. The Balaban J connectivity index is 2.39. The highest BCUT2D eigenvalue weighted by Gasteiger charge is 2.14. The molecule has 0 spiro atoms. The number of aromatic nitrogens is 2. The highest BCUT2D eigenvalue weighted by atomic mass is 32.2. The molecule has 3 nitrogen and oxygen atoms in total. The predicted octanol–water partition coefficient (Wildman–Crippen LogP) is 2.97. The number of aldehydes is 1. The van der Waals surface area contributed by atoms with Crippen LogP contribution in [0.1, 0.15) is 16.1 Å². The van der Waals surface area contributed by atoms with E-state index in [4.69, 9.17) is 0 Å². The minimum Gasteiger partial charge on any atom is -0.298 e. The van der Waals surface area contributed by atoms with E-state index >= 15 is 0 Å². The highest BCUT2D eigenvalue weighted by Crippen LogP contribution is 2.31. The first-order valence-corrected chi connectivity index (χ1v) is 5.96. The van der Waals surface area contributed by atoms with Gasteiger partial charge in [0.05, 0.1) is 11.3 Å². The Morgan fingerprint density at radius 1 is 1.33 bits per heavy atom. The summed E-state index contributed by atoms with van der Waals surface area (Å²) in [5.74, 6) is -1.80. The average molecular weight is 268 g/mol. The quantitative estimate of drug-likeness (QED) is 0.803. The Morgan fingerprint density at radius 3 is 2.67 bits per heavy atom. The predicted molar refractivity (Wildman–Crippen MR) is 63.8 cm³/mol. The van der Waals surface area contributed by atoms with Crippen LogP contribution in [0.2, 0.25) is 0 Å². The largest absolute Gasteiger partial charge is 0.298 e. The lowest BCUT2D eigenvalue weighted by atomic mass is 10.3. The van der Waals surface area contributed by atoms with Gasteiger partial charge in [-0.25, -0.2) is 8.78 Å². The van der Waals surface area contributed by atoms with Crippen molar-refractivity contribution in [2.45, 2.75) is 16.8 Å². The van der Waals surface area contributed by atoms with Gasteiger partial charge >= 0.3 is 0 Å². The van der Waals surface area contributed by atoms with Crippen molar-refractivity contribution >= 4 is 18.0 Å². The van der Waals surface area contributed by atoms with Gasteiger partial charge < -0.3 is 0 Å². The minimum absolute atomic E-state index is 0.465. The number of hydrogen-bond acceptors (Lipinski definition) is 3. The molecule has 2 rings (SSSR count). The molecule has 0 unspecified atom stereocenters. The van der Waals surface area contributed by atoms with Crippen LogP contribution in [0, 0.1) is 18.6 Å². The van der Waals surface area contributed by atoms with Gasteiger partial charge in [0.15, 0.2) is 17.9 Å². The molecule has 0 saturated carbocycles. The molecule has 94 valence electrons. The molecule has 0 bridgehead atoms. The van der Waals surface area contributed by atoms with Crippen LogP contribution >= 0.6 is 11.8 Å². The Morgan fingerprint density at radius 2 is 2.06 bits per heavy atom. The summed E-state index contributed by atoms with van der Waals surface area (Å²) in [6.45, 7) is 1.72. The van der Waals surface area contributed by atoms with Gasteiger partial charge in [0.25, 0.3) is 0 Å². The zero-order valence-corrected chi connectivity index (χ0v) is 10.6.